The van der Waals surface area contributed by atoms with Crippen molar-refractivity contribution in [3.63, 3.8) is 0 Å². The van der Waals surface area contributed by atoms with Gasteiger partial charge < -0.3 is 19.7 Å². The van der Waals surface area contributed by atoms with E-state index in [1.165, 1.54) is 0 Å². The number of hydrogen-bond acceptors (Lipinski definition) is 4. The van der Waals surface area contributed by atoms with Crippen molar-refractivity contribution >= 4 is 0 Å². The summed E-state index contributed by atoms with van der Waals surface area (Å²) in [7, 11) is 5.54. The average molecular weight is 190 g/mol. The van der Waals surface area contributed by atoms with Gasteiger partial charge in [-0.15, -0.1) is 0 Å². The monoisotopic (exact) mass is 190 g/mol. The highest BCUT2D eigenvalue weighted by molar-refractivity contribution is 4.53. The van der Waals surface area contributed by atoms with Gasteiger partial charge in [-0.2, -0.15) is 0 Å². The predicted molar refractivity (Wildman–Crippen MR) is 54.1 cm³/mol. The first kappa shape index (κ1) is 12.8. The number of likely N-dealkylation sites (N-methyl/N-ethyl adjacent to an activating group) is 1. The maximum atomic E-state index is 4.98. The van der Waals surface area contributed by atoms with E-state index in [1.807, 2.05) is 0 Å². The maximum Gasteiger partial charge on any atom is 0.0589 e. The second-order valence-corrected chi connectivity index (χ2v) is 3.04. The van der Waals surface area contributed by atoms with Crippen LogP contribution in [0.2, 0.25) is 0 Å². The highest BCUT2D eigenvalue weighted by Crippen LogP contribution is 1.80. The molecule has 4 nitrogen and oxygen atoms in total. The lowest BCUT2D eigenvalue weighted by Gasteiger charge is -2.15. The summed E-state index contributed by atoms with van der Waals surface area (Å²) in [5.41, 5.74) is 0. The van der Waals surface area contributed by atoms with Gasteiger partial charge in [-0.3, -0.25) is 0 Å². The third kappa shape index (κ3) is 9.76. The summed E-state index contributed by atoms with van der Waals surface area (Å²) < 4.78 is 9.89. The number of hydrogen-bond donors (Lipinski definition) is 1. The van der Waals surface area contributed by atoms with E-state index in [1.54, 1.807) is 14.2 Å². The quantitative estimate of drug-likeness (QED) is 0.511. The lowest BCUT2D eigenvalue weighted by molar-refractivity contribution is 0.160. The Balaban J connectivity index is 3.03. The van der Waals surface area contributed by atoms with Crippen LogP contribution in [0.1, 0.15) is 0 Å². The van der Waals surface area contributed by atoms with Gasteiger partial charge in [0.2, 0.25) is 0 Å². The highest BCUT2D eigenvalue weighted by Gasteiger charge is 1.95. The van der Waals surface area contributed by atoms with Crippen molar-refractivity contribution in [1.82, 2.24) is 10.2 Å². The standard InChI is InChI=1S/C9H22N2O2/c1-11(7-9-13-3)6-4-10-5-8-12-2/h10H,4-9H2,1-3H3. The van der Waals surface area contributed by atoms with Crippen LogP contribution in [-0.2, 0) is 9.47 Å². The zero-order valence-corrected chi connectivity index (χ0v) is 9.01. The summed E-state index contributed by atoms with van der Waals surface area (Å²) in [6, 6.07) is 0. The third-order valence-electron chi connectivity index (χ3n) is 1.83. The molecule has 0 spiro atoms. The Morgan fingerprint density at radius 2 is 1.69 bits per heavy atom. The molecular formula is C9H22N2O2. The summed E-state index contributed by atoms with van der Waals surface area (Å²) in [6.45, 7) is 5.55. The third-order valence-corrected chi connectivity index (χ3v) is 1.83. The molecule has 0 bridgehead atoms. The van der Waals surface area contributed by atoms with Crippen molar-refractivity contribution in [1.29, 1.82) is 0 Å². The molecule has 0 heterocycles. The van der Waals surface area contributed by atoms with E-state index in [0.717, 1.165) is 39.4 Å². The summed E-state index contributed by atoms with van der Waals surface area (Å²) in [5, 5.41) is 3.29. The van der Waals surface area contributed by atoms with Gasteiger partial charge in [0.05, 0.1) is 13.2 Å². The van der Waals surface area contributed by atoms with E-state index in [-0.39, 0.29) is 0 Å². The lowest BCUT2D eigenvalue weighted by atomic mass is 10.5. The van der Waals surface area contributed by atoms with Gasteiger partial charge in [0.15, 0.2) is 0 Å². The van der Waals surface area contributed by atoms with Crippen molar-refractivity contribution in [2.75, 3.05) is 60.7 Å². The zero-order chi connectivity index (χ0) is 9.94. The van der Waals surface area contributed by atoms with Crippen LogP contribution in [0.4, 0.5) is 0 Å². The predicted octanol–water partition coefficient (Wildman–Crippen LogP) is -0.199. The van der Waals surface area contributed by atoms with Gasteiger partial charge in [0.1, 0.15) is 0 Å². The second-order valence-electron chi connectivity index (χ2n) is 3.04. The van der Waals surface area contributed by atoms with E-state index < -0.39 is 0 Å². The fourth-order valence-corrected chi connectivity index (χ4v) is 0.928. The average Bonchev–Trinajstić information content (AvgIpc) is 2.14. The molecule has 0 aromatic carbocycles. The van der Waals surface area contributed by atoms with Gasteiger partial charge in [-0.05, 0) is 7.05 Å². The highest BCUT2D eigenvalue weighted by atomic mass is 16.5. The van der Waals surface area contributed by atoms with E-state index in [9.17, 15) is 0 Å². The van der Waals surface area contributed by atoms with Crippen LogP contribution in [0.5, 0.6) is 0 Å². The second kappa shape index (κ2) is 9.92. The minimum atomic E-state index is 0.780. The van der Waals surface area contributed by atoms with Crippen LogP contribution in [0, 0.1) is 0 Å². The fraction of sp³-hybridized carbons (Fsp3) is 1.00. The maximum absolute atomic E-state index is 4.98. The van der Waals surface area contributed by atoms with Gasteiger partial charge in [-0.1, -0.05) is 0 Å². The number of ether oxygens (including phenoxy) is 2. The molecule has 4 heteroatoms. The molecule has 80 valence electrons. The smallest absolute Gasteiger partial charge is 0.0589 e. The molecule has 0 saturated heterocycles. The molecule has 13 heavy (non-hydrogen) atoms. The Morgan fingerprint density at radius 1 is 1.00 bits per heavy atom. The van der Waals surface area contributed by atoms with Gasteiger partial charge in [0.25, 0.3) is 0 Å². The van der Waals surface area contributed by atoms with E-state index >= 15 is 0 Å². The van der Waals surface area contributed by atoms with Crippen molar-refractivity contribution in [3.05, 3.63) is 0 Å². The van der Waals surface area contributed by atoms with E-state index in [0.29, 0.717) is 0 Å². The summed E-state index contributed by atoms with van der Waals surface area (Å²) >= 11 is 0. The summed E-state index contributed by atoms with van der Waals surface area (Å²) in [5.74, 6) is 0. The first-order valence-electron chi connectivity index (χ1n) is 4.68. The molecule has 1 N–H and O–H groups in total. The molecule has 0 aromatic rings. The Bertz CT molecular complexity index is 102. The van der Waals surface area contributed by atoms with Gasteiger partial charge in [0, 0.05) is 40.4 Å². The molecule has 0 rings (SSSR count). The van der Waals surface area contributed by atoms with Crippen LogP contribution >= 0.6 is 0 Å². The number of rotatable bonds is 9. The van der Waals surface area contributed by atoms with Gasteiger partial charge in [-0.25, -0.2) is 0 Å². The minimum absolute atomic E-state index is 0.780. The summed E-state index contributed by atoms with van der Waals surface area (Å²) in [6.07, 6.45) is 0. The van der Waals surface area contributed by atoms with Gasteiger partial charge >= 0.3 is 0 Å². The Hall–Kier alpha value is -0.160. The van der Waals surface area contributed by atoms with Crippen LogP contribution < -0.4 is 5.32 Å². The van der Waals surface area contributed by atoms with E-state index in [4.69, 9.17) is 9.47 Å². The number of methoxy groups -OCH3 is 2. The first-order chi connectivity index (χ1) is 6.31. The molecule has 0 atom stereocenters. The molecular weight excluding hydrogens is 168 g/mol. The largest absolute Gasteiger partial charge is 0.383 e. The normalized spacial score (nSPS) is 11.1. The Kier molecular flexibility index (Phi) is 9.80. The number of nitrogens with one attached hydrogen (secondary N) is 1. The van der Waals surface area contributed by atoms with Crippen LogP contribution in [-0.4, -0.2) is 65.6 Å². The lowest BCUT2D eigenvalue weighted by Crippen LogP contribution is -2.32. The van der Waals surface area contributed by atoms with Crippen LogP contribution in [0.3, 0.4) is 0 Å². The topological polar surface area (TPSA) is 33.7 Å². The van der Waals surface area contributed by atoms with Crippen LogP contribution in [0.15, 0.2) is 0 Å². The molecule has 0 aliphatic heterocycles. The molecule has 0 aliphatic rings. The molecule has 0 radical (unpaired) electrons. The summed E-state index contributed by atoms with van der Waals surface area (Å²) in [4.78, 5) is 2.24. The SMILES string of the molecule is COCCNCCN(C)CCOC. The van der Waals surface area contributed by atoms with Crippen molar-refractivity contribution in [3.8, 4) is 0 Å². The Labute approximate surface area is 81.2 Å². The fourth-order valence-electron chi connectivity index (χ4n) is 0.928. The van der Waals surface area contributed by atoms with Crippen molar-refractivity contribution in [2.45, 2.75) is 0 Å². The molecule has 0 fully saturated rings. The molecule has 0 aromatic heterocycles. The molecule has 0 aliphatic carbocycles. The number of nitrogens with zero attached hydrogens (tertiary/aromatic N) is 1. The zero-order valence-electron chi connectivity index (χ0n) is 9.01. The molecule has 0 saturated carbocycles. The Morgan fingerprint density at radius 3 is 2.31 bits per heavy atom. The molecule has 0 unspecified atom stereocenters. The van der Waals surface area contributed by atoms with E-state index in [2.05, 4.69) is 17.3 Å². The first-order valence-corrected chi connectivity index (χ1v) is 4.68. The minimum Gasteiger partial charge on any atom is -0.383 e. The van der Waals surface area contributed by atoms with Crippen molar-refractivity contribution in [2.24, 2.45) is 0 Å². The van der Waals surface area contributed by atoms with Crippen LogP contribution in [0.25, 0.3) is 0 Å². The van der Waals surface area contributed by atoms with Crippen molar-refractivity contribution < 1.29 is 9.47 Å². The molecule has 0 amide bonds.